The molecular weight excluding hydrogens is 302 g/mol. The molecule has 1 aromatic heterocycles. The third-order valence-corrected chi connectivity index (χ3v) is 4.45. The van der Waals surface area contributed by atoms with Crippen molar-refractivity contribution in [1.29, 1.82) is 0 Å². The van der Waals surface area contributed by atoms with Gasteiger partial charge in [-0.25, -0.2) is 9.78 Å². The average molecular weight is 321 g/mol. The summed E-state index contributed by atoms with van der Waals surface area (Å²) in [6, 6.07) is 11.1. The maximum atomic E-state index is 11.7. The van der Waals surface area contributed by atoms with Crippen molar-refractivity contribution in [2.75, 3.05) is 7.11 Å². The van der Waals surface area contributed by atoms with Gasteiger partial charge in [-0.05, 0) is 61.7 Å². The molecule has 122 valence electrons. The van der Waals surface area contributed by atoms with Gasteiger partial charge in [-0.1, -0.05) is 12.1 Å². The number of aromatic nitrogens is 1. The van der Waals surface area contributed by atoms with E-state index in [0.29, 0.717) is 11.1 Å². The summed E-state index contributed by atoms with van der Waals surface area (Å²) in [6.45, 7) is 5.94. The molecule has 0 aliphatic rings. The Morgan fingerprint density at radius 2 is 1.79 bits per heavy atom. The number of carboxylic acids is 1. The number of aromatic carboxylic acids is 1. The minimum atomic E-state index is -0.946. The van der Waals surface area contributed by atoms with E-state index in [1.807, 2.05) is 51.1 Å². The first kappa shape index (κ1) is 16.0. The molecule has 4 heteroatoms. The van der Waals surface area contributed by atoms with E-state index < -0.39 is 5.97 Å². The zero-order valence-corrected chi connectivity index (χ0v) is 14.2. The molecule has 1 heterocycles. The monoisotopic (exact) mass is 321 g/mol. The Balaban J connectivity index is 2.33. The van der Waals surface area contributed by atoms with Crippen LogP contribution in [0, 0.1) is 20.8 Å². The summed E-state index contributed by atoms with van der Waals surface area (Å²) in [4.78, 5) is 16.5. The molecule has 2 aromatic carbocycles. The largest absolute Gasteiger partial charge is 0.497 e. The lowest BCUT2D eigenvalue weighted by Gasteiger charge is -2.13. The summed E-state index contributed by atoms with van der Waals surface area (Å²) < 4.78 is 5.24. The summed E-state index contributed by atoms with van der Waals surface area (Å²) in [5.74, 6) is -0.180. The van der Waals surface area contributed by atoms with Crippen LogP contribution in [0.5, 0.6) is 5.75 Å². The highest BCUT2D eigenvalue weighted by Gasteiger charge is 2.16. The van der Waals surface area contributed by atoms with Crippen LogP contribution in [0.3, 0.4) is 0 Å². The van der Waals surface area contributed by atoms with E-state index in [1.54, 1.807) is 13.2 Å². The van der Waals surface area contributed by atoms with E-state index in [1.165, 1.54) is 0 Å². The van der Waals surface area contributed by atoms with E-state index in [0.717, 1.165) is 33.5 Å². The fraction of sp³-hybridized carbons (Fsp3) is 0.200. The topological polar surface area (TPSA) is 59.4 Å². The first-order valence-corrected chi connectivity index (χ1v) is 7.71. The molecule has 0 bridgehead atoms. The summed E-state index contributed by atoms with van der Waals surface area (Å²) >= 11 is 0. The highest BCUT2D eigenvalue weighted by atomic mass is 16.5. The van der Waals surface area contributed by atoms with Crippen LogP contribution in [-0.4, -0.2) is 23.2 Å². The third kappa shape index (κ3) is 2.60. The molecule has 0 spiro atoms. The second-order valence-electron chi connectivity index (χ2n) is 5.94. The van der Waals surface area contributed by atoms with Crippen LogP contribution >= 0.6 is 0 Å². The number of nitrogens with zero attached hydrogens (tertiary/aromatic N) is 1. The van der Waals surface area contributed by atoms with Crippen molar-refractivity contribution in [1.82, 2.24) is 4.98 Å². The Kier molecular flexibility index (Phi) is 3.97. The van der Waals surface area contributed by atoms with Crippen LogP contribution in [0.2, 0.25) is 0 Å². The smallest absolute Gasteiger partial charge is 0.336 e. The van der Waals surface area contributed by atoms with E-state index >= 15 is 0 Å². The van der Waals surface area contributed by atoms with Crippen molar-refractivity contribution in [3.05, 3.63) is 58.7 Å². The molecule has 0 unspecified atom stereocenters. The van der Waals surface area contributed by atoms with E-state index in [2.05, 4.69) is 0 Å². The number of ether oxygens (including phenoxy) is 1. The maximum Gasteiger partial charge on any atom is 0.336 e. The van der Waals surface area contributed by atoms with Gasteiger partial charge in [0.2, 0.25) is 0 Å². The molecule has 0 aliphatic heterocycles. The molecule has 0 radical (unpaired) electrons. The maximum absolute atomic E-state index is 11.7. The number of rotatable bonds is 3. The number of fused-ring (bicyclic) bond motifs is 1. The van der Waals surface area contributed by atoms with Gasteiger partial charge in [0, 0.05) is 10.9 Å². The van der Waals surface area contributed by atoms with Crippen LogP contribution < -0.4 is 4.74 Å². The standard InChI is InChI=1S/C20H19NO3/c1-11-5-7-16-17(20(22)23)10-18(21-19(16)13(11)3)15-8-6-14(24-4)9-12(15)2/h5-10H,1-4H3,(H,22,23). The van der Waals surface area contributed by atoms with Crippen LogP contribution in [0.15, 0.2) is 36.4 Å². The molecule has 4 nitrogen and oxygen atoms in total. The fourth-order valence-electron chi connectivity index (χ4n) is 2.90. The third-order valence-electron chi connectivity index (χ3n) is 4.45. The van der Waals surface area contributed by atoms with E-state index in [4.69, 9.17) is 9.72 Å². The van der Waals surface area contributed by atoms with E-state index in [-0.39, 0.29) is 5.56 Å². The quantitative estimate of drug-likeness (QED) is 0.769. The zero-order valence-electron chi connectivity index (χ0n) is 14.2. The van der Waals surface area contributed by atoms with E-state index in [9.17, 15) is 9.90 Å². The summed E-state index contributed by atoms with van der Waals surface area (Å²) in [7, 11) is 1.62. The summed E-state index contributed by atoms with van der Waals surface area (Å²) in [5, 5.41) is 10.3. The lowest BCUT2D eigenvalue weighted by molar-refractivity contribution is 0.0699. The normalized spacial score (nSPS) is 10.8. The second-order valence-corrected chi connectivity index (χ2v) is 5.94. The highest BCUT2D eigenvalue weighted by Crippen LogP contribution is 2.31. The molecule has 0 fully saturated rings. The molecule has 3 rings (SSSR count). The van der Waals surface area contributed by atoms with Crippen molar-refractivity contribution in [3.63, 3.8) is 0 Å². The molecular formula is C20H19NO3. The zero-order chi connectivity index (χ0) is 17.4. The number of hydrogen-bond acceptors (Lipinski definition) is 3. The van der Waals surface area contributed by atoms with Crippen molar-refractivity contribution in [2.45, 2.75) is 20.8 Å². The number of aryl methyl sites for hydroxylation is 3. The molecule has 0 amide bonds. The predicted octanol–water partition coefficient (Wildman–Crippen LogP) is 4.53. The fourth-order valence-corrected chi connectivity index (χ4v) is 2.90. The van der Waals surface area contributed by atoms with Gasteiger partial charge in [0.05, 0.1) is 23.9 Å². The SMILES string of the molecule is COc1ccc(-c2cc(C(=O)O)c3ccc(C)c(C)c3n2)c(C)c1. The first-order valence-electron chi connectivity index (χ1n) is 7.71. The molecule has 0 aliphatic carbocycles. The van der Waals surface area contributed by atoms with Gasteiger partial charge in [-0.3, -0.25) is 0 Å². The number of carboxylic acid groups (broad SMARTS) is 1. The lowest BCUT2D eigenvalue weighted by atomic mass is 9.98. The number of carbonyl (C=O) groups is 1. The van der Waals surface area contributed by atoms with Gasteiger partial charge >= 0.3 is 5.97 Å². The molecule has 0 saturated carbocycles. The number of pyridine rings is 1. The minimum absolute atomic E-state index is 0.272. The first-order chi connectivity index (χ1) is 11.4. The van der Waals surface area contributed by atoms with Crippen LogP contribution in [-0.2, 0) is 0 Å². The Morgan fingerprint density at radius 1 is 1.04 bits per heavy atom. The number of benzene rings is 2. The second kappa shape index (κ2) is 5.96. The van der Waals surface area contributed by atoms with Gasteiger partial charge in [-0.2, -0.15) is 0 Å². The average Bonchev–Trinajstić information content (AvgIpc) is 2.57. The Bertz CT molecular complexity index is 961. The minimum Gasteiger partial charge on any atom is -0.497 e. The van der Waals surface area contributed by atoms with Crippen molar-refractivity contribution in [2.24, 2.45) is 0 Å². The van der Waals surface area contributed by atoms with Gasteiger partial charge < -0.3 is 9.84 Å². The van der Waals surface area contributed by atoms with Crippen LogP contribution in [0.25, 0.3) is 22.2 Å². The highest BCUT2D eigenvalue weighted by molar-refractivity contribution is 6.04. The molecule has 0 atom stereocenters. The number of hydrogen-bond donors (Lipinski definition) is 1. The summed E-state index contributed by atoms with van der Waals surface area (Å²) in [5.41, 5.74) is 5.66. The van der Waals surface area contributed by atoms with Gasteiger partial charge in [0.25, 0.3) is 0 Å². The van der Waals surface area contributed by atoms with Gasteiger partial charge in [-0.15, -0.1) is 0 Å². The molecule has 24 heavy (non-hydrogen) atoms. The van der Waals surface area contributed by atoms with Crippen molar-refractivity contribution in [3.8, 4) is 17.0 Å². The van der Waals surface area contributed by atoms with Crippen LogP contribution in [0.4, 0.5) is 0 Å². The molecule has 1 N–H and O–H groups in total. The van der Waals surface area contributed by atoms with Gasteiger partial charge in [0.1, 0.15) is 5.75 Å². The Morgan fingerprint density at radius 3 is 2.42 bits per heavy atom. The number of methoxy groups -OCH3 is 1. The summed E-state index contributed by atoms with van der Waals surface area (Å²) in [6.07, 6.45) is 0. The van der Waals surface area contributed by atoms with Crippen molar-refractivity contribution >= 4 is 16.9 Å². The van der Waals surface area contributed by atoms with Gasteiger partial charge in [0.15, 0.2) is 0 Å². The molecule has 0 saturated heterocycles. The molecule has 3 aromatic rings. The van der Waals surface area contributed by atoms with Crippen LogP contribution in [0.1, 0.15) is 27.0 Å². The Labute approximate surface area is 140 Å². The Hall–Kier alpha value is -2.88. The van der Waals surface area contributed by atoms with Crippen molar-refractivity contribution < 1.29 is 14.6 Å². The predicted molar refractivity (Wildman–Crippen MR) is 94.9 cm³/mol. The lowest BCUT2D eigenvalue weighted by Crippen LogP contribution is -2.02.